The second-order valence-corrected chi connectivity index (χ2v) is 3.44. The summed E-state index contributed by atoms with van der Waals surface area (Å²) in [5.41, 5.74) is 0.0304. The Morgan fingerprint density at radius 2 is 2.38 bits per heavy atom. The molecule has 0 amide bonds. The van der Waals surface area contributed by atoms with Gasteiger partial charge in [-0.1, -0.05) is 0 Å². The molecule has 1 aromatic rings. The third-order valence-corrected chi connectivity index (χ3v) is 1.81. The number of hydrogen-bond acceptors (Lipinski definition) is 2. The van der Waals surface area contributed by atoms with E-state index in [9.17, 15) is 9.18 Å². The molecule has 0 bridgehead atoms. The van der Waals surface area contributed by atoms with Crippen LogP contribution in [0.25, 0.3) is 6.08 Å². The summed E-state index contributed by atoms with van der Waals surface area (Å²) < 4.78 is 13.7. The van der Waals surface area contributed by atoms with E-state index in [-0.39, 0.29) is 5.69 Å². The van der Waals surface area contributed by atoms with Crippen LogP contribution in [0.2, 0.25) is 0 Å². The van der Waals surface area contributed by atoms with Gasteiger partial charge in [0.15, 0.2) is 0 Å². The standard InChI is InChI=1S/C8H5FINO2/c9-6-3-5(10)4-11-7(6)1-2-8(12)13/h1-4H,(H,12,13)/b2-1+. The Kier molecular flexibility index (Phi) is 3.35. The van der Waals surface area contributed by atoms with Crippen molar-refractivity contribution in [3.8, 4) is 0 Å². The Labute approximate surface area is 87.4 Å². The third-order valence-electron chi connectivity index (χ3n) is 1.22. The van der Waals surface area contributed by atoms with Gasteiger partial charge in [-0.3, -0.25) is 4.98 Å². The van der Waals surface area contributed by atoms with Crippen LogP contribution in [0, 0.1) is 9.39 Å². The largest absolute Gasteiger partial charge is 0.478 e. The number of nitrogens with zero attached hydrogens (tertiary/aromatic N) is 1. The minimum atomic E-state index is -1.13. The van der Waals surface area contributed by atoms with Gasteiger partial charge < -0.3 is 5.11 Å². The van der Waals surface area contributed by atoms with Crippen LogP contribution in [0.1, 0.15) is 5.69 Å². The van der Waals surface area contributed by atoms with Crippen LogP contribution in [-0.2, 0) is 4.79 Å². The summed E-state index contributed by atoms with van der Waals surface area (Å²) in [4.78, 5) is 13.8. The van der Waals surface area contributed by atoms with Crippen LogP contribution < -0.4 is 0 Å². The molecule has 1 heterocycles. The van der Waals surface area contributed by atoms with Crippen molar-refractivity contribution in [2.24, 2.45) is 0 Å². The van der Waals surface area contributed by atoms with E-state index in [1.807, 2.05) is 22.6 Å². The average molecular weight is 293 g/mol. The molecule has 5 heteroatoms. The van der Waals surface area contributed by atoms with E-state index in [1.165, 1.54) is 12.3 Å². The van der Waals surface area contributed by atoms with Crippen molar-refractivity contribution in [1.29, 1.82) is 0 Å². The third kappa shape index (κ3) is 3.10. The summed E-state index contributed by atoms with van der Waals surface area (Å²) in [5, 5.41) is 8.28. The zero-order valence-electron chi connectivity index (χ0n) is 6.37. The van der Waals surface area contributed by atoms with Crippen molar-refractivity contribution in [2.45, 2.75) is 0 Å². The molecule has 0 aliphatic carbocycles. The summed E-state index contributed by atoms with van der Waals surface area (Å²) in [6.07, 6.45) is 3.43. The molecular weight excluding hydrogens is 288 g/mol. The lowest BCUT2D eigenvalue weighted by atomic mass is 10.3. The first-order valence-corrected chi connectivity index (χ1v) is 4.39. The van der Waals surface area contributed by atoms with E-state index in [0.717, 1.165) is 12.2 Å². The highest BCUT2D eigenvalue weighted by molar-refractivity contribution is 14.1. The number of carboxylic acid groups (broad SMARTS) is 1. The minimum Gasteiger partial charge on any atom is -0.478 e. The lowest BCUT2D eigenvalue weighted by Gasteiger charge is -1.95. The first-order chi connectivity index (χ1) is 6.09. The summed E-state index contributed by atoms with van der Waals surface area (Å²) in [6.45, 7) is 0. The molecule has 1 N–H and O–H groups in total. The SMILES string of the molecule is O=C(O)/C=C/c1ncc(I)cc1F. The Bertz CT molecular complexity index is 365. The van der Waals surface area contributed by atoms with Gasteiger partial charge in [0.25, 0.3) is 0 Å². The van der Waals surface area contributed by atoms with Gasteiger partial charge >= 0.3 is 5.97 Å². The van der Waals surface area contributed by atoms with Crippen molar-refractivity contribution in [2.75, 3.05) is 0 Å². The summed E-state index contributed by atoms with van der Waals surface area (Å²) in [7, 11) is 0. The Morgan fingerprint density at radius 1 is 1.69 bits per heavy atom. The van der Waals surface area contributed by atoms with Gasteiger partial charge in [0.1, 0.15) is 5.82 Å². The molecule has 0 radical (unpaired) electrons. The maximum atomic E-state index is 13.0. The highest BCUT2D eigenvalue weighted by atomic mass is 127. The first kappa shape index (κ1) is 10.1. The van der Waals surface area contributed by atoms with E-state index in [4.69, 9.17) is 5.11 Å². The van der Waals surface area contributed by atoms with E-state index in [0.29, 0.717) is 3.57 Å². The van der Waals surface area contributed by atoms with Crippen molar-refractivity contribution in [3.63, 3.8) is 0 Å². The molecule has 13 heavy (non-hydrogen) atoms. The van der Waals surface area contributed by atoms with Gasteiger partial charge in [-0.2, -0.15) is 0 Å². The molecule has 1 rings (SSSR count). The predicted octanol–water partition coefficient (Wildman–Crippen LogP) is 1.92. The number of pyridine rings is 1. The second-order valence-electron chi connectivity index (χ2n) is 2.19. The number of carbonyl (C=O) groups is 1. The zero-order valence-corrected chi connectivity index (χ0v) is 8.53. The number of halogens is 2. The van der Waals surface area contributed by atoms with Crippen LogP contribution in [0.15, 0.2) is 18.3 Å². The monoisotopic (exact) mass is 293 g/mol. The number of rotatable bonds is 2. The quantitative estimate of drug-likeness (QED) is 0.669. The fourth-order valence-corrected chi connectivity index (χ4v) is 1.11. The van der Waals surface area contributed by atoms with Crippen LogP contribution in [0.5, 0.6) is 0 Å². The molecule has 0 aromatic carbocycles. The molecule has 0 atom stereocenters. The Hall–Kier alpha value is -0.980. The maximum Gasteiger partial charge on any atom is 0.328 e. The van der Waals surface area contributed by atoms with E-state index >= 15 is 0 Å². The molecular formula is C8H5FINO2. The highest BCUT2D eigenvalue weighted by Gasteiger charge is 2.00. The molecule has 0 saturated carbocycles. The Balaban J connectivity index is 2.96. The number of aliphatic carboxylic acids is 1. The predicted molar refractivity (Wildman–Crippen MR) is 53.6 cm³/mol. The molecule has 68 valence electrons. The molecule has 0 aliphatic rings. The zero-order chi connectivity index (χ0) is 9.84. The van der Waals surface area contributed by atoms with Crippen molar-refractivity contribution in [1.82, 2.24) is 4.98 Å². The van der Waals surface area contributed by atoms with Crippen molar-refractivity contribution >= 4 is 34.6 Å². The molecule has 1 aromatic heterocycles. The number of aromatic nitrogens is 1. The lowest BCUT2D eigenvalue weighted by molar-refractivity contribution is -0.131. The first-order valence-electron chi connectivity index (χ1n) is 3.31. The molecule has 3 nitrogen and oxygen atoms in total. The summed E-state index contributed by atoms with van der Waals surface area (Å²) in [5.74, 6) is -1.65. The fraction of sp³-hybridized carbons (Fsp3) is 0. The summed E-state index contributed by atoms with van der Waals surface area (Å²) in [6, 6.07) is 1.29. The van der Waals surface area contributed by atoms with Crippen LogP contribution in [-0.4, -0.2) is 16.1 Å². The molecule has 0 unspecified atom stereocenters. The number of carboxylic acids is 1. The Morgan fingerprint density at radius 3 is 2.92 bits per heavy atom. The fourth-order valence-electron chi connectivity index (χ4n) is 0.698. The minimum absolute atomic E-state index is 0.0304. The average Bonchev–Trinajstić information content (AvgIpc) is 2.02. The smallest absolute Gasteiger partial charge is 0.328 e. The normalized spacial score (nSPS) is 10.6. The topological polar surface area (TPSA) is 50.2 Å². The summed E-state index contributed by atoms with van der Waals surface area (Å²) >= 11 is 1.92. The van der Waals surface area contributed by atoms with Gasteiger partial charge in [-0.05, 0) is 34.7 Å². The molecule has 0 spiro atoms. The lowest BCUT2D eigenvalue weighted by Crippen LogP contribution is -1.91. The second kappa shape index (κ2) is 4.31. The van der Waals surface area contributed by atoms with Gasteiger partial charge in [0, 0.05) is 15.8 Å². The van der Waals surface area contributed by atoms with Crippen LogP contribution in [0.3, 0.4) is 0 Å². The highest BCUT2D eigenvalue weighted by Crippen LogP contribution is 2.10. The molecule has 0 saturated heterocycles. The number of hydrogen-bond donors (Lipinski definition) is 1. The maximum absolute atomic E-state index is 13.0. The molecule has 0 aliphatic heterocycles. The van der Waals surface area contributed by atoms with Crippen LogP contribution in [0.4, 0.5) is 4.39 Å². The van der Waals surface area contributed by atoms with E-state index in [2.05, 4.69) is 4.98 Å². The molecule has 0 fully saturated rings. The van der Waals surface area contributed by atoms with Crippen molar-refractivity contribution in [3.05, 3.63) is 33.4 Å². The van der Waals surface area contributed by atoms with Gasteiger partial charge in [-0.25, -0.2) is 9.18 Å². The van der Waals surface area contributed by atoms with E-state index in [1.54, 1.807) is 0 Å². The van der Waals surface area contributed by atoms with Gasteiger partial charge in [-0.15, -0.1) is 0 Å². The van der Waals surface area contributed by atoms with Crippen molar-refractivity contribution < 1.29 is 14.3 Å². The van der Waals surface area contributed by atoms with Gasteiger partial charge in [0.2, 0.25) is 0 Å². The van der Waals surface area contributed by atoms with Crippen LogP contribution >= 0.6 is 22.6 Å². The van der Waals surface area contributed by atoms with Gasteiger partial charge in [0.05, 0.1) is 5.69 Å². The van der Waals surface area contributed by atoms with E-state index < -0.39 is 11.8 Å².